The fourth-order valence-electron chi connectivity index (χ4n) is 4.17. The van der Waals surface area contributed by atoms with Crippen molar-refractivity contribution < 1.29 is 34.5 Å². The Morgan fingerprint density at radius 1 is 0.848 bits per heavy atom. The van der Waals surface area contributed by atoms with E-state index in [1.165, 1.54) is 38.2 Å². The summed E-state index contributed by atoms with van der Waals surface area (Å²) in [5, 5.41) is 32.4. The van der Waals surface area contributed by atoms with Crippen LogP contribution in [0, 0.1) is 6.92 Å². The van der Waals surface area contributed by atoms with E-state index in [0.717, 1.165) is 0 Å². The molecule has 4 rings (SSSR count). The van der Waals surface area contributed by atoms with Crippen LogP contribution in [-0.4, -0.2) is 38.5 Å². The molecule has 0 saturated carbocycles. The van der Waals surface area contributed by atoms with Crippen molar-refractivity contribution in [3.63, 3.8) is 0 Å². The first kappa shape index (κ1) is 23.7. The number of ketones is 4. The highest BCUT2D eigenvalue weighted by Gasteiger charge is 2.41. The number of carbonyl (C=O) groups excluding carboxylic acids is 4. The average molecular weight is 448 g/mol. The molecule has 0 radical (unpaired) electrons. The molecule has 170 valence electrons. The molecule has 33 heavy (non-hydrogen) atoms. The first-order valence-corrected chi connectivity index (χ1v) is 10.2. The Morgan fingerprint density at radius 2 is 1.36 bits per heavy atom. The first-order chi connectivity index (χ1) is 15.3. The molecule has 0 aromatic heterocycles. The number of phenolic OH excluding ortho intramolecular Hbond substituents is 2. The molecule has 7 heteroatoms. The van der Waals surface area contributed by atoms with Crippen molar-refractivity contribution in [1.29, 1.82) is 0 Å². The molecule has 0 fully saturated rings. The number of aliphatic hydroxyl groups is 1. The minimum absolute atomic E-state index is 0.0963. The lowest BCUT2D eigenvalue weighted by molar-refractivity contribution is -0.120. The Morgan fingerprint density at radius 3 is 1.85 bits per heavy atom. The van der Waals surface area contributed by atoms with Gasteiger partial charge in [-0.15, -0.1) is 0 Å². The zero-order valence-corrected chi connectivity index (χ0v) is 18.9. The van der Waals surface area contributed by atoms with Crippen molar-refractivity contribution in [1.82, 2.24) is 0 Å². The quantitative estimate of drug-likeness (QED) is 0.441. The van der Waals surface area contributed by atoms with E-state index < -0.39 is 5.41 Å². The fourth-order valence-corrected chi connectivity index (χ4v) is 4.17. The Bertz CT molecular complexity index is 1310. The molecule has 0 heterocycles. The second-order valence-electron chi connectivity index (χ2n) is 8.62. The highest BCUT2D eigenvalue weighted by molar-refractivity contribution is 6.15. The van der Waals surface area contributed by atoms with Crippen LogP contribution in [0.3, 0.4) is 0 Å². The van der Waals surface area contributed by atoms with Crippen LogP contribution in [0.1, 0.15) is 54.7 Å². The van der Waals surface area contributed by atoms with Gasteiger partial charge in [-0.25, -0.2) is 0 Å². The molecule has 2 aliphatic carbocycles. The molecule has 2 aromatic rings. The summed E-state index contributed by atoms with van der Waals surface area (Å²) in [7, 11) is 0. The Balaban J connectivity index is 0.000000323. The molecule has 3 N–H and O–H groups in total. The van der Waals surface area contributed by atoms with Gasteiger partial charge in [-0.2, -0.15) is 0 Å². The number of aliphatic hydroxyl groups excluding tert-OH is 1. The van der Waals surface area contributed by atoms with Crippen molar-refractivity contribution in [2.24, 2.45) is 0 Å². The molecular formula is C26H24O7. The third-order valence-corrected chi connectivity index (χ3v) is 5.92. The second kappa shape index (κ2) is 8.16. The monoisotopic (exact) mass is 448 g/mol. The Labute approximate surface area is 190 Å². The van der Waals surface area contributed by atoms with Crippen LogP contribution in [-0.2, 0) is 19.8 Å². The van der Waals surface area contributed by atoms with E-state index in [4.69, 9.17) is 0 Å². The van der Waals surface area contributed by atoms with Gasteiger partial charge in [0.15, 0.2) is 23.1 Å². The smallest absolute Gasteiger partial charge is 0.178 e. The van der Waals surface area contributed by atoms with Crippen molar-refractivity contribution in [3.05, 3.63) is 64.3 Å². The number of fused-ring (bicyclic) bond motifs is 2. The number of phenols is 2. The van der Waals surface area contributed by atoms with E-state index in [1.807, 2.05) is 0 Å². The van der Waals surface area contributed by atoms with Gasteiger partial charge in [0.1, 0.15) is 17.3 Å². The van der Waals surface area contributed by atoms with Crippen molar-refractivity contribution in [2.75, 3.05) is 0 Å². The number of benzene rings is 2. The van der Waals surface area contributed by atoms with E-state index >= 15 is 0 Å². The van der Waals surface area contributed by atoms with Crippen LogP contribution in [0.15, 0.2) is 42.0 Å². The van der Waals surface area contributed by atoms with Gasteiger partial charge in [0.2, 0.25) is 0 Å². The van der Waals surface area contributed by atoms with Crippen molar-refractivity contribution in [2.45, 2.75) is 40.0 Å². The lowest BCUT2D eigenvalue weighted by Gasteiger charge is -2.32. The largest absolute Gasteiger partial charge is 0.507 e. The number of aryl methyl sites for hydroxylation is 1. The predicted octanol–water partition coefficient (Wildman–Crippen LogP) is 4.16. The summed E-state index contributed by atoms with van der Waals surface area (Å²) in [5.41, 5.74) is 0.552. The topological polar surface area (TPSA) is 129 Å². The molecule has 2 aromatic carbocycles. The lowest BCUT2D eigenvalue weighted by Crippen LogP contribution is -2.34. The molecule has 0 saturated heterocycles. The maximum absolute atomic E-state index is 12.6. The van der Waals surface area contributed by atoms with Crippen LogP contribution < -0.4 is 0 Å². The Kier molecular flexibility index (Phi) is 5.85. The van der Waals surface area contributed by atoms with E-state index in [9.17, 15) is 34.5 Å². The van der Waals surface area contributed by atoms with Crippen molar-refractivity contribution >= 4 is 39.7 Å². The number of Topliss-reactive ketones (excluding diaryl/α,β-unsaturated/α-hetero) is 2. The fraction of sp³-hybridized carbons (Fsp3) is 0.231. The summed E-state index contributed by atoms with van der Waals surface area (Å²) >= 11 is 0. The molecule has 0 atom stereocenters. The summed E-state index contributed by atoms with van der Waals surface area (Å²) in [6.45, 7) is 8.00. The summed E-state index contributed by atoms with van der Waals surface area (Å²) in [6.07, 6.45) is 5.01. The van der Waals surface area contributed by atoms with Crippen molar-refractivity contribution in [3.8, 4) is 11.5 Å². The summed E-state index contributed by atoms with van der Waals surface area (Å²) in [5.74, 6) is -1.73. The number of rotatable bonds is 1. The number of aromatic hydroxyl groups is 2. The van der Waals surface area contributed by atoms with Gasteiger partial charge in [-0.05, 0) is 81.5 Å². The SMILES string of the molecule is CC(=O)c1c(C)cc2cc3c(c(O)c2c1O)C(O)=C(C)C(=O)C3(C)C.O=C1C=CC(=O)C=C1. The van der Waals surface area contributed by atoms with E-state index in [-0.39, 0.29) is 62.5 Å². The number of hydrogen-bond donors (Lipinski definition) is 3. The number of allylic oxidation sites excluding steroid dienone is 5. The minimum Gasteiger partial charge on any atom is -0.507 e. The standard InChI is InChI=1S/C20H20O5.C6H4O2/c1-8-6-11-7-12-15(16(22)9(2)19(25)20(12,4)5)18(24)14(11)17(23)13(8)10(3)21;7-5-1-2-6(8)4-3-5/h6-7,22-24H,1-5H3;1-4H. The molecule has 0 amide bonds. The van der Waals surface area contributed by atoms with E-state index in [0.29, 0.717) is 16.5 Å². The van der Waals surface area contributed by atoms with Gasteiger partial charge in [-0.3, -0.25) is 19.2 Å². The van der Waals surface area contributed by atoms with E-state index in [1.54, 1.807) is 32.9 Å². The minimum atomic E-state index is -0.930. The van der Waals surface area contributed by atoms with E-state index in [2.05, 4.69) is 0 Å². The normalized spacial score (nSPS) is 16.6. The van der Waals surface area contributed by atoms with Gasteiger partial charge in [-0.1, -0.05) is 6.07 Å². The molecular weight excluding hydrogens is 424 g/mol. The van der Waals surface area contributed by atoms with Crippen LogP contribution in [0.5, 0.6) is 11.5 Å². The summed E-state index contributed by atoms with van der Waals surface area (Å²) < 4.78 is 0. The molecule has 0 spiro atoms. The van der Waals surface area contributed by atoms with Crippen LogP contribution in [0.4, 0.5) is 0 Å². The number of hydrogen-bond acceptors (Lipinski definition) is 7. The molecule has 2 aliphatic rings. The van der Waals surface area contributed by atoms with Gasteiger partial charge < -0.3 is 15.3 Å². The molecule has 0 aliphatic heterocycles. The zero-order chi connectivity index (χ0) is 24.8. The third-order valence-electron chi connectivity index (χ3n) is 5.92. The molecule has 0 bridgehead atoms. The van der Waals surface area contributed by atoms with Gasteiger partial charge in [0.05, 0.1) is 21.9 Å². The zero-order valence-electron chi connectivity index (χ0n) is 18.9. The summed E-state index contributed by atoms with van der Waals surface area (Å²) in [4.78, 5) is 45.0. The highest BCUT2D eigenvalue weighted by atomic mass is 16.3. The second-order valence-corrected chi connectivity index (χ2v) is 8.62. The van der Waals surface area contributed by atoms with Gasteiger partial charge in [0.25, 0.3) is 0 Å². The average Bonchev–Trinajstić information content (AvgIpc) is 2.73. The van der Waals surface area contributed by atoms with Crippen LogP contribution >= 0.6 is 0 Å². The third kappa shape index (κ3) is 3.86. The number of carbonyl (C=O) groups is 4. The lowest BCUT2D eigenvalue weighted by atomic mass is 9.70. The molecule has 7 nitrogen and oxygen atoms in total. The van der Waals surface area contributed by atoms with Gasteiger partial charge >= 0.3 is 0 Å². The van der Waals surface area contributed by atoms with Crippen LogP contribution in [0.25, 0.3) is 16.5 Å². The molecule has 0 unspecified atom stereocenters. The predicted molar refractivity (Wildman–Crippen MR) is 124 cm³/mol. The first-order valence-electron chi connectivity index (χ1n) is 10.2. The van der Waals surface area contributed by atoms with Gasteiger partial charge in [0, 0.05) is 5.57 Å². The highest BCUT2D eigenvalue weighted by Crippen LogP contribution is 2.49. The van der Waals surface area contributed by atoms with Crippen LogP contribution in [0.2, 0.25) is 0 Å². The Hall–Kier alpha value is -4.00. The maximum Gasteiger partial charge on any atom is 0.178 e. The maximum atomic E-state index is 12.6. The summed E-state index contributed by atoms with van der Waals surface area (Å²) in [6, 6.07) is 3.37.